The predicted molar refractivity (Wildman–Crippen MR) is 118 cm³/mol. The van der Waals surface area contributed by atoms with Gasteiger partial charge >= 0.3 is 0 Å². The van der Waals surface area contributed by atoms with E-state index in [-0.39, 0.29) is 21.4 Å². The molecule has 0 saturated carbocycles. The van der Waals surface area contributed by atoms with Crippen molar-refractivity contribution in [3.8, 4) is 22.3 Å². The van der Waals surface area contributed by atoms with Crippen molar-refractivity contribution in [3.63, 3.8) is 0 Å². The Balaban J connectivity index is 1.85. The van der Waals surface area contributed by atoms with E-state index in [0.717, 1.165) is 33.4 Å². The Morgan fingerprint density at radius 1 is 0.656 bits per heavy atom. The van der Waals surface area contributed by atoms with E-state index < -0.39 is 9.85 Å². The number of ether oxygens (including phenoxy) is 2. The van der Waals surface area contributed by atoms with Crippen LogP contribution in [0.5, 0.6) is 0 Å². The molecule has 2 heterocycles. The number of rotatable bonds is 4. The van der Waals surface area contributed by atoms with Gasteiger partial charge in [-0.05, 0) is 45.5 Å². The first-order chi connectivity index (χ1) is 15.4. The highest BCUT2D eigenvalue weighted by atomic mass is 35.5. The number of non-ortho nitro benzene ring substituents is 2. The van der Waals surface area contributed by atoms with Crippen LogP contribution >= 0.6 is 23.2 Å². The summed E-state index contributed by atoms with van der Waals surface area (Å²) < 4.78 is 11.5. The van der Waals surface area contributed by atoms with Crippen molar-refractivity contribution < 1.29 is 19.3 Å². The van der Waals surface area contributed by atoms with Gasteiger partial charge in [-0.25, -0.2) is 0 Å². The zero-order valence-corrected chi connectivity index (χ0v) is 17.9. The van der Waals surface area contributed by atoms with E-state index in [1.165, 1.54) is 24.3 Å². The summed E-state index contributed by atoms with van der Waals surface area (Å²) in [7, 11) is 0. The summed E-state index contributed by atoms with van der Waals surface area (Å²) >= 11 is 13.1. The Morgan fingerprint density at radius 3 is 1.38 bits per heavy atom. The maximum absolute atomic E-state index is 11.2. The van der Waals surface area contributed by atoms with E-state index in [9.17, 15) is 20.2 Å². The molecule has 10 heteroatoms. The molecule has 0 bridgehead atoms. The van der Waals surface area contributed by atoms with Gasteiger partial charge in [0.1, 0.15) is 0 Å². The maximum atomic E-state index is 11.2. The lowest BCUT2D eigenvalue weighted by molar-refractivity contribution is -0.385. The molecule has 2 aliphatic heterocycles. The van der Waals surface area contributed by atoms with Crippen LogP contribution in [0.15, 0.2) is 36.4 Å². The first kappa shape index (κ1) is 20.8. The van der Waals surface area contributed by atoms with Crippen LogP contribution in [0.2, 0.25) is 10.0 Å². The van der Waals surface area contributed by atoms with Crippen LogP contribution in [0, 0.1) is 20.2 Å². The van der Waals surface area contributed by atoms with Gasteiger partial charge in [-0.15, -0.1) is 0 Å². The van der Waals surface area contributed by atoms with Gasteiger partial charge in [0.2, 0.25) is 0 Å². The molecular formula is C22H14Cl2N2O6. The molecule has 0 radical (unpaired) electrons. The van der Waals surface area contributed by atoms with Crippen LogP contribution in [-0.4, -0.2) is 9.85 Å². The van der Waals surface area contributed by atoms with Crippen molar-refractivity contribution in [2.75, 3.05) is 0 Å². The van der Waals surface area contributed by atoms with Crippen LogP contribution in [-0.2, 0) is 35.9 Å². The molecular weight excluding hydrogens is 459 g/mol. The molecule has 0 saturated heterocycles. The van der Waals surface area contributed by atoms with E-state index in [0.29, 0.717) is 37.6 Å². The largest absolute Gasteiger partial charge is 0.372 e. The van der Waals surface area contributed by atoms with Crippen molar-refractivity contribution in [3.05, 3.63) is 88.9 Å². The highest BCUT2D eigenvalue weighted by molar-refractivity contribution is 6.35. The minimum Gasteiger partial charge on any atom is -0.372 e. The molecule has 0 aromatic heterocycles. The van der Waals surface area contributed by atoms with Gasteiger partial charge in [0.15, 0.2) is 0 Å². The van der Waals surface area contributed by atoms with Crippen LogP contribution in [0.4, 0.5) is 11.4 Å². The minimum atomic E-state index is -0.506. The molecule has 8 nitrogen and oxygen atoms in total. The topological polar surface area (TPSA) is 105 Å². The third kappa shape index (κ3) is 3.23. The molecule has 162 valence electrons. The zero-order valence-electron chi connectivity index (χ0n) is 16.4. The van der Waals surface area contributed by atoms with E-state index in [1.807, 2.05) is 0 Å². The van der Waals surface area contributed by atoms with Crippen molar-refractivity contribution in [2.24, 2.45) is 0 Å². The number of halogens is 2. The van der Waals surface area contributed by atoms with Gasteiger partial charge in [-0.3, -0.25) is 20.2 Å². The molecule has 0 aliphatic carbocycles. The summed E-state index contributed by atoms with van der Waals surface area (Å²) in [6, 6.07) is 8.63. The lowest BCUT2D eigenvalue weighted by atomic mass is 9.82. The highest BCUT2D eigenvalue weighted by Crippen LogP contribution is 2.50. The van der Waals surface area contributed by atoms with Gasteiger partial charge in [-0.2, -0.15) is 0 Å². The summed E-state index contributed by atoms with van der Waals surface area (Å²) in [4.78, 5) is 21.4. The van der Waals surface area contributed by atoms with Gasteiger partial charge in [-0.1, -0.05) is 23.2 Å². The molecule has 5 rings (SSSR count). The standard InChI is InChI=1S/C22H14Cl2N2O6/c23-19-5-11(25(27)28)1-3-13(19)21-17-9-31-7-15(17)16-8-32-10-18(16)22(21)14-4-2-12(26(29)30)6-20(14)24/h1-6H,7-10H2. The van der Waals surface area contributed by atoms with Gasteiger partial charge in [0, 0.05) is 35.4 Å². The van der Waals surface area contributed by atoms with Crippen LogP contribution in [0.1, 0.15) is 22.3 Å². The number of nitro benzene ring substituents is 2. The van der Waals surface area contributed by atoms with Crippen LogP contribution in [0.25, 0.3) is 22.3 Å². The van der Waals surface area contributed by atoms with Crippen LogP contribution < -0.4 is 0 Å². The Hall–Kier alpha value is -3.04. The van der Waals surface area contributed by atoms with Gasteiger partial charge in [0.25, 0.3) is 11.4 Å². The zero-order chi connectivity index (χ0) is 22.6. The molecule has 0 fully saturated rings. The molecule has 0 N–H and O–H groups in total. The molecule has 0 atom stereocenters. The lowest BCUT2D eigenvalue weighted by Crippen LogP contribution is -2.03. The van der Waals surface area contributed by atoms with Crippen molar-refractivity contribution in [2.45, 2.75) is 26.4 Å². The normalized spacial score (nSPS) is 14.3. The van der Waals surface area contributed by atoms with E-state index >= 15 is 0 Å². The average molecular weight is 473 g/mol. The Morgan fingerprint density at radius 2 is 1.03 bits per heavy atom. The number of benzene rings is 3. The molecule has 0 spiro atoms. The molecule has 2 aliphatic rings. The first-order valence-corrected chi connectivity index (χ1v) is 10.4. The van der Waals surface area contributed by atoms with Crippen molar-refractivity contribution >= 4 is 34.6 Å². The second-order valence-corrected chi connectivity index (χ2v) is 8.31. The van der Waals surface area contributed by atoms with E-state index in [1.54, 1.807) is 12.1 Å². The summed E-state index contributed by atoms with van der Waals surface area (Å²) in [6.45, 7) is 1.52. The van der Waals surface area contributed by atoms with E-state index in [2.05, 4.69) is 0 Å². The number of nitro groups is 2. The van der Waals surface area contributed by atoms with Gasteiger partial charge in [0.05, 0.1) is 46.3 Å². The molecule has 3 aromatic carbocycles. The number of hydrogen-bond donors (Lipinski definition) is 0. The third-order valence-electron chi connectivity index (χ3n) is 5.80. The Bertz CT molecular complexity index is 1220. The second kappa shape index (κ2) is 7.83. The monoisotopic (exact) mass is 472 g/mol. The molecule has 3 aromatic rings. The quantitative estimate of drug-likeness (QED) is 0.330. The van der Waals surface area contributed by atoms with Gasteiger partial charge < -0.3 is 9.47 Å². The summed E-state index contributed by atoms with van der Waals surface area (Å²) in [5.74, 6) is 0. The number of fused-ring (bicyclic) bond motifs is 3. The summed E-state index contributed by atoms with van der Waals surface area (Å²) in [5, 5.41) is 22.8. The average Bonchev–Trinajstić information content (AvgIpc) is 3.42. The summed E-state index contributed by atoms with van der Waals surface area (Å²) in [5.41, 5.74) is 6.31. The van der Waals surface area contributed by atoms with Crippen molar-refractivity contribution in [1.29, 1.82) is 0 Å². The van der Waals surface area contributed by atoms with Crippen molar-refractivity contribution in [1.82, 2.24) is 0 Å². The maximum Gasteiger partial charge on any atom is 0.270 e. The first-order valence-electron chi connectivity index (χ1n) is 9.60. The smallest absolute Gasteiger partial charge is 0.270 e. The molecule has 0 amide bonds. The third-order valence-corrected chi connectivity index (χ3v) is 6.42. The fourth-order valence-electron chi connectivity index (χ4n) is 4.38. The fourth-order valence-corrected chi connectivity index (χ4v) is 4.92. The molecule has 0 unspecified atom stereocenters. The highest BCUT2D eigenvalue weighted by Gasteiger charge is 2.32. The van der Waals surface area contributed by atoms with Crippen LogP contribution in [0.3, 0.4) is 0 Å². The lowest BCUT2D eigenvalue weighted by Gasteiger charge is -2.21. The molecule has 32 heavy (non-hydrogen) atoms. The second-order valence-electron chi connectivity index (χ2n) is 7.49. The predicted octanol–water partition coefficient (Wildman–Crippen LogP) is 6.20. The fraction of sp³-hybridized carbons (Fsp3) is 0.182. The Labute approximate surface area is 191 Å². The number of nitrogens with zero attached hydrogens (tertiary/aromatic N) is 2. The summed E-state index contributed by atoms with van der Waals surface area (Å²) in [6.07, 6.45) is 0. The Kier molecular flexibility index (Phi) is 5.10. The van der Waals surface area contributed by atoms with E-state index in [4.69, 9.17) is 32.7 Å². The minimum absolute atomic E-state index is 0.119. The SMILES string of the molecule is O=[N+]([O-])c1ccc(-c2c3c(c4c(c2-c2ccc([N+](=O)[O-])cc2Cl)COC4)COC3)c(Cl)c1. The number of hydrogen-bond acceptors (Lipinski definition) is 6.